The highest BCUT2D eigenvalue weighted by Gasteiger charge is 2.10. The van der Waals surface area contributed by atoms with Crippen molar-refractivity contribution in [2.45, 2.75) is 17.7 Å². The van der Waals surface area contributed by atoms with Gasteiger partial charge in [-0.25, -0.2) is 0 Å². The molecular weight excluding hydrogens is 372 g/mol. The lowest BCUT2D eigenvalue weighted by molar-refractivity contribution is 0.391. The van der Waals surface area contributed by atoms with Gasteiger partial charge >= 0.3 is 0 Å². The van der Waals surface area contributed by atoms with Crippen LogP contribution in [0.4, 0.5) is 0 Å². The summed E-state index contributed by atoms with van der Waals surface area (Å²) < 4.78 is 10.6. The number of hydrogen-bond acceptors (Lipinski definition) is 7. The smallest absolute Gasteiger partial charge is 0.237 e. The van der Waals surface area contributed by atoms with Crippen molar-refractivity contribution < 1.29 is 9.26 Å². The van der Waals surface area contributed by atoms with E-state index in [1.807, 2.05) is 67.6 Å². The lowest BCUT2D eigenvalue weighted by atomic mass is 10.1. The van der Waals surface area contributed by atoms with E-state index in [4.69, 9.17) is 9.26 Å². The molecule has 0 saturated heterocycles. The molecule has 0 N–H and O–H groups in total. The van der Waals surface area contributed by atoms with E-state index in [1.165, 1.54) is 11.8 Å². The van der Waals surface area contributed by atoms with Crippen molar-refractivity contribution in [1.29, 1.82) is 0 Å². The normalized spacial score (nSPS) is 10.8. The highest BCUT2D eigenvalue weighted by atomic mass is 32.2. The number of nitrogens with zero attached hydrogens (tertiary/aromatic N) is 4. The van der Waals surface area contributed by atoms with Gasteiger partial charge in [0.25, 0.3) is 0 Å². The molecule has 0 saturated carbocycles. The number of aryl methyl sites for hydroxylation is 1. The SMILES string of the molecule is COc1cccc(-c2ccc(SCc3nc(-c4cccc(C)c4)no3)nn2)c1. The lowest BCUT2D eigenvalue weighted by Crippen LogP contribution is -1.91. The summed E-state index contributed by atoms with van der Waals surface area (Å²) in [5, 5.41) is 13.4. The predicted molar refractivity (Wildman–Crippen MR) is 108 cm³/mol. The van der Waals surface area contributed by atoms with E-state index < -0.39 is 0 Å². The average molecular weight is 390 g/mol. The molecule has 0 aliphatic heterocycles. The summed E-state index contributed by atoms with van der Waals surface area (Å²) in [6.45, 7) is 2.04. The fourth-order valence-electron chi connectivity index (χ4n) is 2.68. The van der Waals surface area contributed by atoms with Gasteiger partial charge in [0.15, 0.2) is 0 Å². The third-order valence-electron chi connectivity index (χ3n) is 4.09. The Kier molecular flexibility index (Phi) is 5.34. The summed E-state index contributed by atoms with van der Waals surface area (Å²) in [4.78, 5) is 4.46. The maximum Gasteiger partial charge on any atom is 0.237 e. The van der Waals surface area contributed by atoms with Gasteiger partial charge in [0.1, 0.15) is 10.8 Å². The zero-order chi connectivity index (χ0) is 19.3. The van der Waals surface area contributed by atoms with E-state index in [1.54, 1.807) is 7.11 Å². The zero-order valence-electron chi connectivity index (χ0n) is 15.5. The third kappa shape index (κ3) is 4.20. The first kappa shape index (κ1) is 18.2. The summed E-state index contributed by atoms with van der Waals surface area (Å²) in [6.07, 6.45) is 0. The van der Waals surface area contributed by atoms with Crippen LogP contribution in [0.3, 0.4) is 0 Å². The molecule has 7 heteroatoms. The molecule has 0 unspecified atom stereocenters. The van der Waals surface area contributed by atoms with Crippen LogP contribution in [0.1, 0.15) is 11.5 Å². The second-order valence-corrected chi connectivity index (χ2v) is 7.15. The molecule has 0 fully saturated rings. The number of rotatable bonds is 6. The van der Waals surface area contributed by atoms with Crippen molar-refractivity contribution in [3.05, 3.63) is 72.1 Å². The molecule has 2 heterocycles. The summed E-state index contributed by atoms with van der Waals surface area (Å²) >= 11 is 1.50. The van der Waals surface area contributed by atoms with Crippen molar-refractivity contribution in [1.82, 2.24) is 20.3 Å². The van der Waals surface area contributed by atoms with Gasteiger partial charge in [-0.05, 0) is 37.3 Å². The minimum Gasteiger partial charge on any atom is -0.497 e. The number of aromatic nitrogens is 4. The summed E-state index contributed by atoms with van der Waals surface area (Å²) in [6, 6.07) is 19.6. The first-order chi connectivity index (χ1) is 13.7. The molecular formula is C21H18N4O2S. The number of hydrogen-bond donors (Lipinski definition) is 0. The highest BCUT2D eigenvalue weighted by molar-refractivity contribution is 7.98. The fourth-order valence-corrected chi connectivity index (χ4v) is 3.34. The largest absolute Gasteiger partial charge is 0.497 e. The predicted octanol–water partition coefficient (Wildman–Crippen LogP) is 4.80. The molecule has 0 radical (unpaired) electrons. The number of benzene rings is 2. The van der Waals surface area contributed by atoms with Crippen LogP contribution in [-0.2, 0) is 5.75 Å². The summed E-state index contributed by atoms with van der Waals surface area (Å²) in [5.41, 5.74) is 3.86. The van der Waals surface area contributed by atoms with Crippen molar-refractivity contribution in [3.8, 4) is 28.4 Å². The van der Waals surface area contributed by atoms with Crippen LogP contribution in [0.25, 0.3) is 22.6 Å². The average Bonchev–Trinajstić information content (AvgIpc) is 3.22. The Morgan fingerprint density at radius 1 is 0.964 bits per heavy atom. The summed E-state index contributed by atoms with van der Waals surface area (Å²) in [7, 11) is 1.65. The molecule has 140 valence electrons. The van der Waals surface area contributed by atoms with Crippen molar-refractivity contribution >= 4 is 11.8 Å². The molecule has 6 nitrogen and oxygen atoms in total. The maximum atomic E-state index is 5.36. The van der Waals surface area contributed by atoms with Crippen LogP contribution >= 0.6 is 11.8 Å². The van der Waals surface area contributed by atoms with Crippen LogP contribution in [0, 0.1) is 6.92 Å². The molecule has 4 rings (SSSR count). The van der Waals surface area contributed by atoms with E-state index in [0.29, 0.717) is 17.5 Å². The maximum absolute atomic E-state index is 5.36. The van der Waals surface area contributed by atoms with E-state index in [2.05, 4.69) is 20.3 Å². The Hall–Kier alpha value is -3.19. The number of ether oxygens (including phenoxy) is 1. The molecule has 0 bridgehead atoms. The van der Waals surface area contributed by atoms with Gasteiger partial charge in [-0.15, -0.1) is 10.2 Å². The molecule has 4 aromatic rings. The van der Waals surface area contributed by atoms with Gasteiger partial charge in [-0.1, -0.05) is 52.8 Å². The Labute approximate surface area is 167 Å². The van der Waals surface area contributed by atoms with Crippen LogP contribution in [0.2, 0.25) is 0 Å². The Bertz CT molecular complexity index is 1080. The van der Waals surface area contributed by atoms with Gasteiger partial charge < -0.3 is 9.26 Å². The van der Waals surface area contributed by atoms with Gasteiger partial charge in [-0.3, -0.25) is 0 Å². The molecule has 2 aromatic carbocycles. The van der Waals surface area contributed by atoms with Crippen LogP contribution in [0.15, 0.2) is 70.2 Å². The number of thioether (sulfide) groups is 1. The van der Waals surface area contributed by atoms with Crippen molar-refractivity contribution in [2.75, 3.05) is 7.11 Å². The molecule has 0 atom stereocenters. The van der Waals surface area contributed by atoms with E-state index in [9.17, 15) is 0 Å². The lowest BCUT2D eigenvalue weighted by Gasteiger charge is -2.04. The quantitative estimate of drug-likeness (QED) is 0.438. The van der Waals surface area contributed by atoms with Crippen LogP contribution < -0.4 is 4.74 Å². The molecule has 0 aliphatic carbocycles. The molecule has 2 aromatic heterocycles. The van der Waals surface area contributed by atoms with Crippen molar-refractivity contribution in [2.24, 2.45) is 0 Å². The molecule has 0 aliphatic rings. The standard InChI is InChI=1S/C21H18N4O2S/c1-14-5-3-7-16(11-14)21-22-19(27-25-21)13-28-20-10-9-18(23-24-20)15-6-4-8-17(12-15)26-2/h3-12H,13H2,1-2H3. The molecule has 28 heavy (non-hydrogen) atoms. The first-order valence-corrected chi connectivity index (χ1v) is 9.70. The van der Waals surface area contributed by atoms with Gasteiger partial charge in [0.05, 0.1) is 18.6 Å². The minimum absolute atomic E-state index is 0.534. The first-order valence-electron chi connectivity index (χ1n) is 8.72. The molecule has 0 spiro atoms. The van der Waals surface area contributed by atoms with Crippen molar-refractivity contribution in [3.63, 3.8) is 0 Å². The fraction of sp³-hybridized carbons (Fsp3) is 0.143. The van der Waals surface area contributed by atoms with Gasteiger partial charge in [0, 0.05) is 11.1 Å². The van der Waals surface area contributed by atoms with E-state index in [-0.39, 0.29) is 0 Å². The molecule has 0 amide bonds. The van der Waals surface area contributed by atoms with Gasteiger partial charge in [0.2, 0.25) is 11.7 Å². The topological polar surface area (TPSA) is 73.9 Å². The van der Waals surface area contributed by atoms with Crippen LogP contribution in [-0.4, -0.2) is 27.4 Å². The monoisotopic (exact) mass is 390 g/mol. The third-order valence-corrected chi connectivity index (χ3v) is 5.00. The zero-order valence-corrected chi connectivity index (χ0v) is 16.3. The summed E-state index contributed by atoms with van der Waals surface area (Å²) in [5.74, 6) is 2.48. The number of methoxy groups -OCH3 is 1. The Morgan fingerprint density at radius 2 is 1.82 bits per heavy atom. The van der Waals surface area contributed by atoms with E-state index in [0.717, 1.165) is 33.2 Å². The Balaban J connectivity index is 1.41. The minimum atomic E-state index is 0.534. The second-order valence-electron chi connectivity index (χ2n) is 6.16. The highest BCUT2D eigenvalue weighted by Crippen LogP contribution is 2.25. The van der Waals surface area contributed by atoms with Gasteiger partial charge in [-0.2, -0.15) is 4.98 Å². The second kappa shape index (κ2) is 8.22. The van der Waals surface area contributed by atoms with Crippen LogP contribution in [0.5, 0.6) is 5.75 Å². The Morgan fingerprint density at radius 3 is 2.61 bits per heavy atom. The van der Waals surface area contributed by atoms with E-state index >= 15 is 0 Å².